The summed E-state index contributed by atoms with van der Waals surface area (Å²) < 4.78 is 32.3. The van der Waals surface area contributed by atoms with Crippen LogP contribution in [-0.4, -0.2) is 20.5 Å². The van der Waals surface area contributed by atoms with Crippen LogP contribution in [0.2, 0.25) is 0 Å². The first kappa shape index (κ1) is 15.9. The zero-order valence-electron chi connectivity index (χ0n) is 11.8. The molecule has 0 aliphatic heterocycles. The Labute approximate surface area is 128 Å². The van der Waals surface area contributed by atoms with E-state index in [0.29, 0.717) is 11.3 Å². The fraction of sp³-hybridized carbons (Fsp3) is 0.308. The minimum absolute atomic E-state index is 0.172. The van der Waals surface area contributed by atoms with Crippen molar-refractivity contribution in [3.8, 4) is 5.75 Å². The van der Waals surface area contributed by atoms with Crippen molar-refractivity contribution < 1.29 is 13.2 Å². The number of hydrogen-bond acceptors (Lipinski definition) is 6. The Morgan fingerprint density at radius 1 is 1.43 bits per heavy atom. The van der Waals surface area contributed by atoms with Gasteiger partial charge in [0.15, 0.2) is 0 Å². The van der Waals surface area contributed by atoms with E-state index in [-0.39, 0.29) is 18.0 Å². The summed E-state index contributed by atoms with van der Waals surface area (Å²) in [5.41, 5.74) is 8.78. The van der Waals surface area contributed by atoms with Gasteiger partial charge in [-0.2, -0.15) is 0 Å². The van der Waals surface area contributed by atoms with Gasteiger partial charge in [0.05, 0.1) is 23.2 Å². The Balaban J connectivity index is 2.21. The molecular formula is C13H17N3O3S2. The zero-order valence-corrected chi connectivity index (χ0v) is 13.4. The Hall–Kier alpha value is -1.48. The maximum Gasteiger partial charge on any atom is 0.240 e. The molecule has 0 atom stereocenters. The SMILES string of the molecule is COc1ccc(S(=O)(=O)NCc2scnc2C)cc1CN. The van der Waals surface area contributed by atoms with Gasteiger partial charge in [-0.15, -0.1) is 11.3 Å². The maximum atomic E-state index is 12.3. The molecule has 0 amide bonds. The van der Waals surface area contributed by atoms with Crippen LogP contribution in [-0.2, 0) is 23.1 Å². The monoisotopic (exact) mass is 327 g/mol. The molecule has 0 fully saturated rings. The number of thiazole rings is 1. The van der Waals surface area contributed by atoms with Crippen LogP contribution >= 0.6 is 11.3 Å². The predicted molar refractivity (Wildman–Crippen MR) is 81.8 cm³/mol. The van der Waals surface area contributed by atoms with Gasteiger partial charge in [-0.1, -0.05) is 0 Å². The van der Waals surface area contributed by atoms with Gasteiger partial charge >= 0.3 is 0 Å². The summed E-state index contributed by atoms with van der Waals surface area (Å²) in [5, 5.41) is 0. The average molecular weight is 327 g/mol. The van der Waals surface area contributed by atoms with E-state index in [9.17, 15) is 8.42 Å². The molecular weight excluding hydrogens is 310 g/mol. The van der Waals surface area contributed by atoms with Crippen LogP contribution in [0.5, 0.6) is 5.75 Å². The third-order valence-corrected chi connectivity index (χ3v) is 5.38. The zero-order chi connectivity index (χ0) is 15.5. The molecule has 0 unspecified atom stereocenters. The summed E-state index contributed by atoms with van der Waals surface area (Å²) in [6.07, 6.45) is 0. The van der Waals surface area contributed by atoms with Crippen molar-refractivity contribution in [1.82, 2.24) is 9.71 Å². The van der Waals surface area contributed by atoms with Gasteiger partial charge in [-0.05, 0) is 25.1 Å². The second-order valence-electron chi connectivity index (χ2n) is 4.36. The van der Waals surface area contributed by atoms with E-state index in [1.54, 1.807) is 11.6 Å². The highest BCUT2D eigenvalue weighted by Crippen LogP contribution is 2.22. The van der Waals surface area contributed by atoms with E-state index in [4.69, 9.17) is 10.5 Å². The molecule has 6 nitrogen and oxygen atoms in total. The first-order valence-corrected chi connectivity index (χ1v) is 8.60. The minimum Gasteiger partial charge on any atom is -0.496 e. The number of ether oxygens (including phenoxy) is 1. The standard InChI is InChI=1S/C13H17N3O3S2/c1-9-13(20-8-15-9)7-16-21(17,18)11-3-4-12(19-2)10(5-11)6-14/h3-5,8,16H,6-7,14H2,1-2H3. The van der Waals surface area contributed by atoms with Crippen molar-refractivity contribution in [2.24, 2.45) is 5.73 Å². The molecule has 3 N–H and O–H groups in total. The first-order chi connectivity index (χ1) is 9.97. The van der Waals surface area contributed by atoms with Crippen LogP contribution in [0.3, 0.4) is 0 Å². The summed E-state index contributed by atoms with van der Waals surface area (Å²) in [6, 6.07) is 4.63. The first-order valence-electron chi connectivity index (χ1n) is 6.23. The van der Waals surface area contributed by atoms with Crippen LogP contribution in [0.25, 0.3) is 0 Å². The lowest BCUT2D eigenvalue weighted by Gasteiger charge is -2.10. The Kier molecular flexibility index (Phi) is 4.94. The van der Waals surface area contributed by atoms with Gasteiger partial charge in [0.25, 0.3) is 0 Å². The lowest BCUT2D eigenvalue weighted by molar-refractivity contribution is 0.409. The summed E-state index contributed by atoms with van der Waals surface area (Å²) in [5.74, 6) is 0.578. The molecule has 8 heteroatoms. The van der Waals surface area contributed by atoms with Gasteiger partial charge in [0.1, 0.15) is 5.75 Å². The van der Waals surface area contributed by atoms with Crippen molar-refractivity contribution in [2.45, 2.75) is 24.9 Å². The number of aromatic nitrogens is 1. The predicted octanol–water partition coefficient (Wildman–Crippen LogP) is 1.40. The quantitative estimate of drug-likeness (QED) is 0.836. The summed E-state index contributed by atoms with van der Waals surface area (Å²) in [6.45, 7) is 2.28. The molecule has 0 spiro atoms. The molecule has 0 saturated heterocycles. The van der Waals surface area contributed by atoms with Crippen molar-refractivity contribution in [3.05, 3.63) is 39.8 Å². The molecule has 1 aromatic carbocycles. The van der Waals surface area contributed by atoms with Crippen LogP contribution in [0.4, 0.5) is 0 Å². The van der Waals surface area contributed by atoms with Crippen molar-refractivity contribution >= 4 is 21.4 Å². The number of nitrogens with two attached hydrogens (primary N) is 1. The highest BCUT2D eigenvalue weighted by Gasteiger charge is 2.16. The van der Waals surface area contributed by atoms with E-state index in [0.717, 1.165) is 10.6 Å². The van der Waals surface area contributed by atoms with Gasteiger partial charge in [-0.3, -0.25) is 0 Å². The molecule has 21 heavy (non-hydrogen) atoms. The molecule has 0 aliphatic rings. The summed E-state index contributed by atoms with van der Waals surface area (Å²) in [7, 11) is -2.07. The number of hydrogen-bond donors (Lipinski definition) is 2. The van der Waals surface area contributed by atoms with Crippen molar-refractivity contribution in [1.29, 1.82) is 0 Å². The van der Waals surface area contributed by atoms with E-state index in [2.05, 4.69) is 9.71 Å². The second kappa shape index (κ2) is 6.52. The van der Waals surface area contributed by atoms with Crippen LogP contribution < -0.4 is 15.2 Å². The number of sulfonamides is 1. The van der Waals surface area contributed by atoms with Gasteiger partial charge in [0, 0.05) is 23.5 Å². The molecule has 114 valence electrons. The summed E-state index contributed by atoms with van der Waals surface area (Å²) in [4.78, 5) is 5.16. The summed E-state index contributed by atoms with van der Waals surface area (Å²) >= 11 is 1.42. The fourth-order valence-electron chi connectivity index (χ4n) is 1.82. The highest BCUT2D eigenvalue weighted by molar-refractivity contribution is 7.89. The largest absolute Gasteiger partial charge is 0.496 e. The lowest BCUT2D eigenvalue weighted by Crippen LogP contribution is -2.23. The fourth-order valence-corrected chi connectivity index (χ4v) is 3.68. The highest BCUT2D eigenvalue weighted by atomic mass is 32.2. The normalized spacial score (nSPS) is 11.6. The number of methoxy groups -OCH3 is 1. The smallest absolute Gasteiger partial charge is 0.240 e. The number of aryl methyl sites for hydroxylation is 1. The van der Waals surface area contributed by atoms with Gasteiger partial charge < -0.3 is 10.5 Å². The number of rotatable bonds is 6. The molecule has 0 aliphatic carbocycles. The van der Waals surface area contributed by atoms with Crippen LogP contribution in [0.1, 0.15) is 16.1 Å². The van der Waals surface area contributed by atoms with Crippen LogP contribution in [0.15, 0.2) is 28.6 Å². The second-order valence-corrected chi connectivity index (χ2v) is 7.07. The van der Waals surface area contributed by atoms with Crippen molar-refractivity contribution in [2.75, 3.05) is 7.11 Å². The molecule has 0 radical (unpaired) electrons. The van der Waals surface area contributed by atoms with Crippen molar-refractivity contribution in [3.63, 3.8) is 0 Å². The molecule has 0 saturated carbocycles. The van der Waals surface area contributed by atoms with Gasteiger partial charge in [0.2, 0.25) is 10.0 Å². The maximum absolute atomic E-state index is 12.3. The number of nitrogens with zero attached hydrogens (tertiary/aromatic N) is 1. The lowest BCUT2D eigenvalue weighted by atomic mass is 10.2. The van der Waals surface area contributed by atoms with Gasteiger partial charge in [-0.25, -0.2) is 18.1 Å². The van der Waals surface area contributed by atoms with E-state index < -0.39 is 10.0 Å². The molecule has 2 rings (SSSR count). The minimum atomic E-state index is -3.59. The number of nitrogens with one attached hydrogen (secondary N) is 1. The number of benzene rings is 1. The van der Waals surface area contributed by atoms with Crippen LogP contribution in [0, 0.1) is 6.92 Å². The Morgan fingerprint density at radius 3 is 2.76 bits per heavy atom. The Bertz CT molecular complexity index is 726. The third-order valence-electron chi connectivity index (χ3n) is 3.05. The van der Waals surface area contributed by atoms with E-state index in [1.807, 2.05) is 6.92 Å². The Morgan fingerprint density at radius 2 is 2.19 bits per heavy atom. The van der Waals surface area contributed by atoms with E-state index in [1.165, 1.54) is 30.6 Å². The molecule has 1 aromatic heterocycles. The molecule has 1 heterocycles. The third kappa shape index (κ3) is 3.59. The topological polar surface area (TPSA) is 94.3 Å². The van der Waals surface area contributed by atoms with E-state index >= 15 is 0 Å². The average Bonchev–Trinajstić information content (AvgIpc) is 2.89. The molecule has 2 aromatic rings. The molecule has 0 bridgehead atoms.